The van der Waals surface area contributed by atoms with Gasteiger partial charge in [-0.1, -0.05) is 36.4 Å². The van der Waals surface area contributed by atoms with Gasteiger partial charge in [0, 0.05) is 31.5 Å². The molecule has 1 amide bonds. The molecule has 0 aliphatic rings. The Morgan fingerprint density at radius 1 is 0.917 bits per heavy atom. The molecule has 0 spiro atoms. The molecule has 0 heterocycles. The maximum atomic E-state index is 13.2. The van der Waals surface area contributed by atoms with Crippen LogP contribution in [-0.4, -0.2) is 47.5 Å². The number of carbonyl (C=O) groups is 2. The summed E-state index contributed by atoms with van der Waals surface area (Å²) in [6, 6.07) is 20.0. The van der Waals surface area contributed by atoms with Crippen molar-refractivity contribution in [3.8, 4) is 16.9 Å². The third kappa shape index (κ3) is 8.81. The topological polar surface area (TPSA) is 142 Å². The van der Waals surface area contributed by atoms with Crippen LogP contribution in [-0.2, 0) is 17.8 Å². The second-order valence-electron chi connectivity index (χ2n) is 7.97. The lowest BCUT2D eigenvalue weighted by Gasteiger charge is -2.14. The standard InChI is InChI=1S/C27H30N2O5.CH4O/c28-18-19-7-6-9-20(13-19)22-14-23(16-24(15-22)34-12-5-1-4-11-30)27(33)29-25-10-3-2-8-21(25)17-26(31)32;1-2/h2-3,6-10,13-16,30H,1,4-5,11-12,17-18,28H2,(H,29,33)(H,31,32);2H,1H3. The van der Waals surface area contributed by atoms with Crippen LogP contribution >= 0.6 is 0 Å². The molecule has 0 aliphatic heterocycles. The zero-order valence-corrected chi connectivity index (χ0v) is 20.4. The predicted octanol–water partition coefficient (Wildman–Crippen LogP) is 3.84. The summed E-state index contributed by atoms with van der Waals surface area (Å²) >= 11 is 0. The molecule has 3 aromatic rings. The van der Waals surface area contributed by atoms with E-state index in [1.54, 1.807) is 36.4 Å². The molecule has 0 unspecified atom stereocenters. The van der Waals surface area contributed by atoms with Crippen LogP contribution in [0, 0.1) is 0 Å². The lowest BCUT2D eigenvalue weighted by atomic mass is 10.00. The smallest absolute Gasteiger partial charge is 0.307 e. The number of para-hydroxylation sites is 1. The Morgan fingerprint density at radius 3 is 2.42 bits per heavy atom. The van der Waals surface area contributed by atoms with Crippen molar-refractivity contribution in [2.45, 2.75) is 32.2 Å². The van der Waals surface area contributed by atoms with Crippen LogP contribution in [0.4, 0.5) is 5.69 Å². The Labute approximate surface area is 211 Å². The summed E-state index contributed by atoms with van der Waals surface area (Å²) in [5.74, 6) is -0.774. The van der Waals surface area contributed by atoms with E-state index >= 15 is 0 Å². The van der Waals surface area contributed by atoms with Crippen molar-refractivity contribution >= 4 is 17.6 Å². The maximum absolute atomic E-state index is 13.2. The highest BCUT2D eigenvalue weighted by molar-refractivity contribution is 6.06. The van der Waals surface area contributed by atoms with Gasteiger partial charge >= 0.3 is 5.97 Å². The van der Waals surface area contributed by atoms with Crippen molar-refractivity contribution in [2.75, 3.05) is 25.6 Å². The highest BCUT2D eigenvalue weighted by Gasteiger charge is 2.14. The summed E-state index contributed by atoms with van der Waals surface area (Å²) in [6.07, 6.45) is 2.17. The van der Waals surface area contributed by atoms with Gasteiger partial charge in [0.25, 0.3) is 5.91 Å². The van der Waals surface area contributed by atoms with Crippen LogP contribution in [0.5, 0.6) is 5.75 Å². The van der Waals surface area contributed by atoms with Crippen molar-refractivity contribution in [3.05, 3.63) is 83.4 Å². The molecule has 6 N–H and O–H groups in total. The average Bonchev–Trinajstić information content (AvgIpc) is 2.90. The van der Waals surface area contributed by atoms with Crippen LogP contribution in [0.1, 0.15) is 40.7 Å². The van der Waals surface area contributed by atoms with E-state index in [0.29, 0.717) is 35.7 Å². The second kappa shape index (κ2) is 15.3. The first-order valence-corrected chi connectivity index (χ1v) is 11.7. The SMILES string of the molecule is CO.NCc1cccc(-c2cc(OCCCCCO)cc(C(=O)Nc3ccccc3CC(=O)O)c2)c1. The molecule has 8 nitrogen and oxygen atoms in total. The number of hydrogen-bond acceptors (Lipinski definition) is 6. The molecule has 3 aromatic carbocycles. The van der Waals surface area contributed by atoms with Crippen molar-refractivity contribution in [1.29, 1.82) is 0 Å². The van der Waals surface area contributed by atoms with Gasteiger partial charge in [-0.15, -0.1) is 0 Å². The summed E-state index contributed by atoms with van der Waals surface area (Å²) in [5.41, 5.74) is 9.87. The number of nitrogens with two attached hydrogens (primary N) is 1. The average molecular weight is 495 g/mol. The molecular formula is C28H34N2O6. The highest BCUT2D eigenvalue weighted by atomic mass is 16.5. The van der Waals surface area contributed by atoms with Crippen LogP contribution in [0.3, 0.4) is 0 Å². The number of carbonyl (C=O) groups excluding carboxylic acids is 1. The fourth-order valence-corrected chi connectivity index (χ4v) is 3.59. The summed E-state index contributed by atoms with van der Waals surface area (Å²) in [5, 5.41) is 28.0. The number of carboxylic acid groups (broad SMARTS) is 1. The van der Waals surface area contributed by atoms with Crippen molar-refractivity contribution in [1.82, 2.24) is 0 Å². The molecule has 0 aliphatic carbocycles. The number of rotatable bonds is 12. The number of carboxylic acids is 1. The minimum atomic E-state index is -0.972. The van der Waals surface area contributed by atoms with Crippen molar-refractivity contribution in [2.24, 2.45) is 5.73 Å². The van der Waals surface area contributed by atoms with E-state index < -0.39 is 5.97 Å². The van der Waals surface area contributed by atoms with Gasteiger partial charge in [-0.05, 0) is 71.8 Å². The summed E-state index contributed by atoms with van der Waals surface area (Å²) in [6.45, 7) is 1.03. The minimum Gasteiger partial charge on any atom is -0.494 e. The van der Waals surface area contributed by atoms with E-state index in [2.05, 4.69) is 5.32 Å². The number of anilines is 1. The first-order valence-electron chi connectivity index (χ1n) is 11.7. The number of hydrogen-bond donors (Lipinski definition) is 5. The lowest BCUT2D eigenvalue weighted by Crippen LogP contribution is -2.15. The fraction of sp³-hybridized carbons (Fsp3) is 0.286. The van der Waals surface area contributed by atoms with Gasteiger partial charge in [-0.25, -0.2) is 0 Å². The van der Waals surface area contributed by atoms with E-state index in [4.69, 9.17) is 25.8 Å². The van der Waals surface area contributed by atoms with Gasteiger partial charge in [0.05, 0.1) is 13.0 Å². The molecule has 8 heteroatoms. The number of nitrogens with one attached hydrogen (secondary N) is 1. The molecule has 0 aromatic heterocycles. The zero-order valence-electron chi connectivity index (χ0n) is 20.4. The van der Waals surface area contributed by atoms with E-state index in [1.807, 2.05) is 30.3 Å². The lowest BCUT2D eigenvalue weighted by molar-refractivity contribution is -0.136. The third-order valence-corrected chi connectivity index (χ3v) is 5.34. The number of aliphatic carboxylic acids is 1. The van der Waals surface area contributed by atoms with Gasteiger partial charge in [-0.2, -0.15) is 0 Å². The quantitative estimate of drug-likeness (QED) is 0.241. The molecule has 0 bridgehead atoms. The van der Waals surface area contributed by atoms with Crippen molar-refractivity contribution in [3.63, 3.8) is 0 Å². The van der Waals surface area contributed by atoms with Crippen LogP contribution in [0.2, 0.25) is 0 Å². The molecule has 0 fully saturated rings. The molecule has 0 radical (unpaired) electrons. The Balaban J connectivity index is 0.00000222. The Hall–Kier alpha value is -3.72. The number of aliphatic hydroxyl groups excluding tert-OH is 2. The fourth-order valence-electron chi connectivity index (χ4n) is 3.59. The number of unbranched alkanes of at least 4 members (excludes halogenated alkanes) is 2. The first kappa shape index (κ1) is 28.5. The minimum absolute atomic E-state index is 0.153. The monoisotopic (exact) mass is 494 g/mol. The summed E-state index contributed by atoms with van der Waals surface area (Å²) in [4.78, 5) is 24.4. The predicted molar refractivity (Wildman–Crippen MR) is 140 cm³/mol. The summed E-state index contributed by atoms with van der Waals surface area (Å²) in [7, 11) is 1.00. The molecular weight excluding hydrogens is 460 g/mol. The Morgan fingerprint density at radius 2 is 1.69 bits per heavy atom. The van der Waals surface area contributed by atoms with Gasteiger partial charge < -0.3 is 31.1 Å². The van der Waals surface area contributed by atoms with Crippen molar-refractivity contribution < 1.29 is 29.6 Å². The van der Waals surface area contributed by atoms with Gasteiger partial charge in [0.15, 0.2) is 0 Å². The van der Waals surface area contributed by atoms with E-state index in [9.17, 15) is 9.59 Å². The van der Waals surface area contributed by atoms with Crippen LogP contribution in [0.15, 0.2) is 66.7 Å². The molecule has 0 saturated heterocycles. The Kier molecular flexibility index (Phi) is 12.1. The number of benzene rings is 3. The second-order valence-corrected chi connectivity index (χ2v) is 7.97. The first-order chi connectivity index (χ1) is 17.5. The van der Waals surface area contributed by atoms with Gasteiger partial charge in [0.1, 0.15) is 5.75 Å². The molecule has 36 heavy (non-hydrogen) atoms. The summed E-state index contributed by atoms with van der Waals surface area (Å²) < 4.78 is 5.92. The van der Waals surface area contributed by atoms with E-state index in [-0.39, 0.29) is 18.9 Å². The van der Waals surface area contributed by atoms with E-state index in [0.717, 1.165) is 43.1 Å². The number of ether oxygens (including phenoxy) is 1. The highest BCUT2D eigenvalue weighted by Crippen LogP contribution is 2.28. The number of aliphatic hydroxyl groups is 2. The normalized spacial score (nSPS) is 10.2. The van der Waals surface area contributed by atoms with Crippen LogP contribution < -0.4 is 15.8 Å². The van der Waals surface area contributed by atoms with Gasteiger partial charge in [0.2, 0.25) is 0 Å². The van der Waals surface area contributed by atoms with E-state index in [1.165, 1.54) is 0 Å². The van der Waals surface area contributed by atoms with Crippen LogP contribution in [0.25, 0.3) is 11.1 Å². The largest absolute Gasteiger partial charge is 0.494 e. The molecule has 0 atom stereocenters. The zero-order chi connectivity index (χ0) is 26.3. The number of amides is 1. The Bertz CT molecular complexity index is 1130. The maximum Gasteiger partial charge on any atom is 0.307 e. The molecule has 192 valence electrons. The third-order valence-electron chi connectivity index (χ3n) is 5.34. The molecule has 3 rings (SSSR count). The van der Waals surface area contributed by atoms with Gasteiger partial charge in [-0.3, -0.25) is 9.59 Å². The molecule has 0 saturated carbocycles.